The third-order valence-corrected chi connectivity index (χ3v) is 4.35. The van der Waals surface area contributed by atoms with E-state index < -0.39 is 0 Å². The Balaban J connectivity index is 0.00000208. The number of ketones is 1. The fourth-order valence-corrected chi connectivity index (χ4v) is 3.10. The van der Waals surface area contributed by atoms with Crippen LogP contribution in [0.1, 0.15) is 27.2 Å². The summed E-state index contributed by atoms with van der Waals surface area (Å²) in [4.78, 5) is 16.0. The number of nitrogens with one attached hydrogen (secondary N) is 2. The van der Waals surface area contributed by atoms with Gasteiger partial charge in [-0.1, -0.05) is 40.2 Å². The minimum atomic E-state index is 0. The lowest BCUT2D eigenvalue weighted by molar-refractivity contribution is 0.0994. The first-order chi connectivity index (χ1) is 11.0. The second-order valence-electron chi connectivity index (χ2n) is 5.53. The van der Waals surface area contributed by atoms with E-state index in [1.165, 1.54) is 0 Å². The van der Waals surface area contributed by atoms with E-state index in [1.807, 2.05) is 37.3 Å². The Labute approximate surface area is 154 Å². The monoisotopic (exact) mass is 405 g/mol. The third kappa shape index (κ3) is 3.52. The summed E-state index contributed by atoms with van der Waals surface area (Å²) in [6, 6.07) is 13.1. The summed E-state index contributed by atoms with van der Waals surface area (Å²) in [6.45, 7) is 1.92. The van der Waals surface area contributed by atoms with E-state index >= 15 is 0 Å². The zero-order valence-electron chi connectivity index (χ0n) is 13.0. The van der Waals surface area contributed by atoms with E-state index in [0.29, 0.717) is 12.0 Å². The van der Waals surface area contributed by atoms with E-state index in [-0.39, 0.29) is 24.0 Å². The van der Waals surface area contributed by atoms with Gasteiger partial charge in [0.1, 0.15) is 5.84 Å². The van der Waals surface area contributed by atoms with Crippen molar-refractivity contribution in [3.63, 3.8) is 0 Å². The Hall–Kier alpha value is -2.11. The number of nitrogen functional groups attached to an aromatic ring is 1. The van der Waals surface area contributed by atoms with Crippen molar-refractivity contribution >= 4 is 50.9 Å². The number of aromatic nitrogens is 1. The number of benzene rings is 2. The molecular weight excluding hydrogens is 390 g/mol. The molecule has 0 spiro atoms. The third-order valence-electron chi connectivity index (χ3n) is 3.86. The number of aromatic amines is 1. The van der Waals surface area contributed by atoms with Crippen LogP contribution in [-0.4, -0.2) is 16.6 Å². The maximum atomic E-state index is 12.7. The van der Waals surface area contributed by atoms with E-state index in [9.17, 15) is 4.79 Å². The topological polar surface area (TPSA) is 82.7 Å². The maximum absolute atomic E-state index is 12.7. The molecule has 0 saturated heterocycles. The van der Waals surface area contributed by atoms with Gasteiger partial charge in [-0.25, -0.2) is 0 Å². The summed E-state index contributed by atoms with van der Waals surface area (Å²) >= 11 is 3.46. The van der Waals surface area contributed by atoms with Crippen molar-refractivity contribution in [2.75, 3.05) is 0 Å². The number of H-pyrrole nitrogens is 1. The van der Waals surface area contributed by atoms with Crippen LogP contribution in [0.2, 0.25) is 0 Å². The van der Waals surface area contributed by atoms with Crippen LogP contribution in [0, 0.1) is 12.3 Å². The maximum Gasteiger partial charge on any atom is 0.169 e. The molecule has 3 rings (SSSR count). The smallest absolute Gasteiger partial charge is 0.169 e. The van der Waals surface area contributed by atoms with Crippen LogP contribution >= 0.6 is 28.3 Å². The summed E-state index contributed by atoms with van der Waals surface area (Å²) in [5.74, 6) is 0.0997. The summed E-state index contributed by atoms with van der Waals surface area (Å²) in [5.41, 5.74) is 9.58. The molecule has 0 atom stereocenters. The summed E-state index contributed by atoms with van der Waals surface area (Å²) in [5, 5.41) is 8.33. The quantitative estimate of drug-likeness (QED) is 0.341. The Kier molecular flexibility index (Phi) is 5.47. The van der Waals surface area contributed by atoms with Gasteiger partial charge in [-0.3, -0.25) is 10.2 Å². The number of halogens is 2. The minimum Gasteiger partial charge on any atom is -0.384 e. The molecule has 0 bridgehead atoms. The first kappa shape index (κ1) is 18.2. The van der Waals surface area contributed by atoms with Gasteiger partial charge in [-0.05, 0) is 30.7 Å². The van der Waals surface area contributed by atoms with Crippen molar-refractivity contribution in [3.8, 4) is 0 Å². The largest absolute Gasteiger partial charge is 0.384 e. The molecule has 0 fully saturated rings. The van der Waals surface area contributed by atoms with Crippen LogP contribution in [-0.2, 0) is 6.42 Å². The molecule has 0 amide bonds. The van der Waals surface area contributed by atoms with E-state index in [4.69, 9.17) is 11.1 Å². The number of carbonyl (C=O) groups is 1. The average Bonchev–Trinajstić information content (AvgIpc) is 2.83. The highest BCUT2D eigenvalue weighted by molar-refractivity contribution is 9.10. The summed E-state index contributed by atoms with van der Waals surface area (Å²) in [6.07, 6.45) is 0.318. The van der Waals surface area contributed by atoms with Crippen molar-refractivity contribution in [2.45, 2.75) is 13.3 Å². The number of rotatable bonds is 4. The standard InChI is InChI=1S/C18H16BrN3O.ClH/c1-10-17(14-9-13(19)6-7-15(14)22-10)16(23)8-11-2-4-12(5-3-11)18(20)21;/h2-7,9,22H,8H2,1H3,(H3,20,21);1H. The molecule has 4 N–H and O–H groups in total. The molecular formula is C18H17BrClN3O. The van der Waals surface area contributed by atoms with E-state index in [1.54, 1.807) is 12.1 Å². The fraction of sp³-hybridized carbons (Fsp3) is 0.111. The number of Topliss-reactive ketones (excluding diaryl/α,β-unsaturated/α-hetero) is 1. The molecule has 1 aromatic heterocycles. The molecule has 1 heterocycles. The molecule has 0 aliphatic heterocycles. The fourth-order valence-electron chi connectivity index (χ4n) is 2.73. The normalized spacial score (nSPS) is 10.4. The lowest BCUT2D eigenvalue weighted by Crippen LogP contribution is -2.11. The SMILES string of the molecule is Cc1[nH]c2ccc(Br)cc2c1C(=O)Cc1ccc(C(=N)N)cc1.Cl. The molecule has 4 nitrogen and oxygen atoms in total. The molecule has 0 aliphatic rings. The Morgan fingerprint density at radius 1 is 1.21 bits per heavy atom. The summed E-state index contributed by atoms with van der Waals surface area (Å²) in [7, 11) is 0. The van der Waals surface area contributed by atoms with Crippen LogP contribution in [0.3, 0.4) is 0 Å². The number of carbonyl (C=O) groups excluding carboxylic acids is 1. The van der Waals surface area contributed by atoms with Crippen molar-refractivity contribution < 1.29 is 4.79 Å². The number of fused-ring (bicyclic) bond motifs is 1. The highest BCUT2D eigenvalue weighted by atomic mass is 79.9. The lowest BCUT2D eigenvalue weighted by atomic mass is 9.99. The highest BCUT2D eigenvalue weighted by Crippen LogP contribution is 2.26. The van der Waals surface area contributed by atoms with Crippen LogP contribution in [0.4, 0.5) is 0 Å². The van der Waals surface area contributed by atoms with Gasteiger partial charge in [-0.2, -0.15) is 0 Å². The first-order valence-electron chi connectivity index (χ1n) is 7.20. The van der Waals surface area contributed by atoms with Crippen molar-refractivity contribution in [3.05, 3.63) is 69.3 Å². The van der Waals surface area contributed by atoms with Crippen molar-refractivity contribution in [2.24, 2.45) is 5.73 Å². The van der Waals surface area contributed by atoms with Gasteiger partial charge in [0, 0.05) is 38.6 Å². The number of hydrogen-bond acceptors (Lipinski definition) is 2. The lowest BCUT2D eigenvalue weighted by Gasteiger charge is -2.04. The molecule has 0 unspecified atom stereocenters. The molecule has 2 aromatic carbocycles. The van der Waals surface area contributed by atoms with Gasteiger partial charge in [0.15, 0.2) is 5.78 Å². The zero-order valence-corrected chi connectivity index (χ0v) is 15.4. The molecule has 0 saturated carbocycles. The summed E-state index contributed by atoms with van der Waals surface area (Å²) < 4.78 is 0.948. The van der Waals surface area contributed by atoms with Crippen LogP contribution in [0.25, 0.3) is 10.9 Å². The van der Waals surface area contributed by atoms with Gasteiger partial charge >= 0.3 is 0 Å². The predicted octanol–water partition coefficient (Wildman–Crippen LogP) is 4.37. The van der Waals surface area contributed by atoms with Crippen molar-refractivity contribution in [1.82, 2.24) is 4.98 Å². The molecule has 3 aromatic rings. The first-order valence-corrected chi connectivity index (χ1v) is 7.99. The van der Waals surface area contributed by atoms with Gasteiger partial charge in [0.2, 0.25) is 0 Å². The number of nitrogens with two attached hydrogens (primary N) is 1. The predicted molar refractivity (Wildman–Crippen MR) is 103 cm³/mol. The Morgan fingerprint density at radius 2 is 1.88 bits per heavy atom. The van der Waals surface area contributed by atoms with E-state index in [0.717, 1.165) is 32.2 Å². The highest BCUT2D eigenvalue weighted by Gasteiger charge is 2.16. The average molecular weight is 407 g/mol. The van der Waals surface area contributed by atoms with Gasteiger partial charge < -0.3 is 10.7 Å². The molecule has 0 radical (unpaired) electrons. The van der Waals surface area contributed by atoms with E-state index in [2.05, 4.69) is 20.9 Å². The second kappa shape index (κ2) is 7.20. The van der Waals surface area contributed by atoms with Crippen LogP contribution in [0.15, 0.2) is 46.9 Å². The molecule has 6 heteroatoms. The minimum absolute atomic E-state index is 0. The van der Waals surface area contributed by atoms with Gasteiger partial charge in [0.05, 0.1) is 0 Å². The number of amidine groups is 1. The van der Waals surface area contributed by atoms with Crippen LogP contribution < -0.4 is 5.73 Å². The van der Waals surface area contributed by atoms with Gasteiger partial charge in [-0.15, -0.1) is 12.4 Å². The number of aryl methyl sites for hydroxylation is 1. The van der Waals surface area contributed by atoms with Crippen molar-refractivity contribution in [1.29, 1.82) is 5.41 Å². The van der Waals surface area contributed by atoms with Gasteiger partial charge in [0.25, 0.3) is 0 Å². The molecule has 24 heavy (non-hydrogen) atoms. The Morgan fingerprint density at radius 3 is 2.50 bits per heavy atom. The molecule has 0 aliphatic carbocycles. The zero-order chi connectivity index (χ0) is 16.6. The van der Waals surface area contributed by atoms with Crippen LogP contribution in [0.5, 0.6) is 0 Å². The number of hydrogen-bond donors (Lipinski definition) is 3. The second-order valence-corrected chi connectivity index (χ2v) is 6.44. The Bertz CT molecular complexity index is 916. The molecule has 124 valence electrons.